The first-order valence-corrected chi connectivity index (χ1v) is 5.96. The van der Waals surface area contributed by atoms with Gasteiger partial charge in [-0.3, -0.25) is 0 Å². The number of imidazole rings is 1. The third-order valence-corrected chi connectivity index (χ3v) is 3.16. The zero-order chi connectivity index (χ0) is 12.3. The van der Waals surface area contributed by atoms with Crippen molar-refractivity contribution in [3.8, 4) is 0 Å². The molecule has 0 spiro atoms. The largest absolute Gasteiger partial charge is 0.347 e. The number of hydrogen-bond donors (Lipinski definition) is 2. The molecule has 0 radical (unpaired) electrons. The number of nitrogens with zero attached hydrogens (tertiary/aromatic N) is 1. The molecule has 0 amide bonds. The Bertz CT molecular complexity index is 454. The van der Waals surface area contributed by atoms with E-state index in [0.717, 1.165) is 12.4 Å². The van der Waals surface area contributed by atoms with Gasteiger partial charge in [-0.05, 0) is 37.5 Å². The van der Waals surface area contributed by atoms with Crippen LogP contribution in [0.5, 0.6) is 0 Å². The van der Waals surface area contributed by atoms with Gasteiger partial charge in [0.15, 0.2) is 0 Å². The van der Waals surface area contributed by atoms with E-state index in [0.29, 0.717) is 0 Å². The highest BCUT2D eigenvalue weighted by atomic mass is 15.0. The van der Waals surface area contributed by atoms with E-state index < -0.39 is 0 Å². The molecule has 1 unspecified atom stereocenters. The molecule has 0 aliphatic heterocycles. The van der Waals surface area contributed by atoms with Crippen LogP contribution in [0, 0.1) is 13.8 Å². The number of aryl methyl sites for hydroxylation is 2. The number of benzene rings is 1. The molecule has 1 atom stereocenters. The average molecular weight is 229 g/mol. The van der Waals surface area contributed by atoms with Gasteiger partial charge in [-0.1, -0.05) is 18.2 Å². The van der Waals surface area contributed by atoms with Crippen LogP contribution in [0.4, 0.5) is 0 Å². The van der Waals surface area contributed by atoms with E-state index in [1.807, 2.05) is 6.20 Å². The molecule has 0 fully saturated rings. The lowest BCUT2D eigenvalue weighted by atomic mass is 10.0. The first-order valence-electron chi connectivity index (χ1n) is 5.96. The smallest absolute Gasteiger partial charge is 0.122 e. The molecule has 1 aromatic carbocycles. The minimum absolute atomic E-state index is 0.240. The number of aromatic nitrogens is 2. The summed E-state index contributed by atoms with van der Waals surface area (Å²) in [6.45, 7) is 7.30. The summed E-state index contributed by atoms with van der Waals surface area (Å²) in [7, 11) is 0. The maximum atomic E-state index is 4.26. The molecule has 2 aromatic rings. The predicted octanol–water partition coefficient (Wildman–Crippen LogP) is 2.88. The molecule has 0 bridgehead atoms. The second kappa shape index (κ2) is 5.15. The van der Waals surface area contributed by atoms with Crippen LogP contribution in [0.1, 0.15) is 35.5 Å². The second-order valence-corrected chi connectivity index (χ2v) is 4.45. The molecule has 0 aliphatic rings. The Kier molecular flexibility index (Phi) is 3.59. The molecule has 2 N–H and O–H groups in total. The summed E-state index contributed by atoms with van der Waals surface area (Å²) in [5, 5.41) is 3.49. The van der Waals surface area contributed by atoms with Gasteiger partial charge < -0.3 is 10.3 Å². The fourth-order valence-corrected chi connectivity index (χ4v) is 1.99. The highest BCUT2D eigenvalue weighted by molar-refractivity contribution is 5.33. The summed E-state index contributed by atoms with van der Waals surface area (Å²) in [6.07, 6.45) is 3.64. The number of nitrogens with one attached hydrogen (secondary N) is 2. The molecule has 0 aliphatic carbocycles. The summed E-state index contributed by atoms with van der Waals surface area (Å²) < 4.78 is 0. The summed E-state index contributed by atoms with van der Waals surface area (Å²) in [6, 6.07) is 6.65. The van der Waals surface area contributed by atoms with Crippen LogP contribution in [0.3, 0.4) is 0 Å². The SMILES string of the molecule is Cc1cccc(C)c1CNC(C)c1ncc[nH]1. The van der Waals surface area contributed by atoms with E-state index >= 15 is 0 Å². The molecule has 1 heterocycles. The predicted molar refractivity (Wildman–Crippen MR) is 69.8 cm³/mol. The van der Waals surface area contributed by atoms with Crippen molar-refractivity contribution in [1.29, 1.82) is 0 Å². The number of hydrogen-bond acceptors (Lipinski definition) is 2. The van der Waals surface area contributed by atoms with Crippen molar-refractivity contribution in [2.75, 3.05) is 0 Å². The van der Waals surface area contributed by atoms with Gasteiger partial charge >= 0.3 is 0 Å². The van der Waals surface area contributed by atoms with Crippen LogP contribution in [0.25, 0.3) is 0 Å². The van der Waals surface area contributed by atoms with Gasteiger partial charge in [-0.15, -0.1) is 0 Å². The molecule has 0 saturated heterocycles. The second-order valence-electron chi connectivity index (χ2n) is 4.45. The maximum absolute atomic E-state index is 4.26. The Hall–Kier alpha value is -1.61. The highest BCUT2D eigenvalue weighted by Crippen LogP contribution is 2.14. The van der Waals surface area contributed by atoms with Crippen LogP contribution < -0.4 is 5.32 Å². The minimum Gasteiger partial charge on any atom is -0.347 e. The Morgan fingerprint density at radius 1 is 1.29 bits per heavy atom. The molecule has 17 heavy (non-hydrogen) atoms. The van der Waals surface area contributed by atoms with Crippen molar-refractivity contribution in [3.05, 3.63) is 53.1 Å². The van der Waals surface area contributed by atoms with E-state index in [9.17, 15) is 0 Å². The lowest BCUT2D eigenvalue weighted by Crippen LogP contribution is -2.20. The van der Waals surface area contributed by atoms with Crippen molar-refractivity contribution in [1.82, 2.24) is 15.3 Å². The summed E-state index contributed by atoms with van der Waals surface area (Å²) in [5.41, 5.74) is 4.05. The first-order chi connectivity index (χ1) is 8.18. The third kappa shape index (κ3) is 2.74. The van der Waals surface area contributed by atoms with E-state index in [4.69, 9.17) is 0 Å². The zero-order valence-electron chi connectivity index (χ0n) is 10.6. The Balaban J connectivity index is 2.03. The average Bonchev–Trinajstić information content (AvgIpc) is 2.81. The molecule has 2 rings (SSSR count). The summed E-state index contributed by atoms with van der Waals surface area (Å²) in [4.78, 5) is 7.38. The topological polar surface area (TPSA) is 40.7 Å². The van der Waals surface area contributed by atoms with E-state index in [-0.39, 0.29) is 6.04 Å². The number of aromatic amines is 1. The summed E-state index contributed by atoms with van der Waals surface area (Å²) >= 11 is 0. The fourth-order valence-electron chi connectivity index (χ4n) is 1.99. The molecular weight excluding hydrogens is 210 g/mol. The van der Waals surface area contributed by atoms with Crippen LogP contribution in [-0.2, 0) is 6.54 Å². The van der Waals surface area contributed by atoms with Crippen molar-refractivity contribution in [3.63, 3.8) is 0 Å². The highest BCUT2D eigenvalue weighted by Gasteiger charge is 2.08. The van der Waals surface area contributed by atoms with Crippen molar-refractivity contribution in [2.45, 2.75) is 33.4 Å². The van der Waals surface area contributed by atoms with Crippen molar-refractivity contribution in [2.24, 2.45) is 0 Å². The lowest BCUT2D eigenvalue weighted by molar-refractivity contribution is 0.548. The van der Waals surface area contributed by atoms with Crippen LogP contribution >= 0.6 is 0 Å². The lowest BCUT2D eigenvalue weighted by Gasteiger charge is -2.14. The van der Waals surface area contributed by atoms with E-state index in [1.54, 1.807) is 6.20 Å². The Morgan fingerprint density at radius 2 is 2.00 bits per heavy atom. The van der Waals surface area contributed by atoms with Gasteiger partial charge in [0.2, 0.25) is 0 Å². The quantitative estimate of drug-likeness (QED) is 0.846. The first kappa shape index (κ1) is 11.9. The molecule has 3 nitrogen and oxygen atoms in total. The van der Waals surface area contributed by atoms with Gasteiger partial charge in [0.25, 0.3) is 0 Å². The summed E-state index contributed by atoms with van der Waals surface area (Å²) in [5.74, 6) is 0.983. The number of rotatable bonds is 4. The van der Waals surface area contributed by atoms with Crippen molar-refractivity contribution < 1.29 is 0 Å². The van der Waals surface area contributed by atoms with E-state index in [2.05, 4.69) is 54.3 Å². The molecule has 3 heteroatoms. The van der Waals surface area contributed by atoms with Crippen LogP contribution in [0.15, 0.2) is 30.6 Å². The van der Waals surface area contributed by atoms with E-state index in [1.165, 1.54) is 16.7 Å². The van der Waals surface area contributed by atoms with Gasteiger partial charge in [-0.2, -0.15) is 0 Å². The normalized spacial score (nSPS) is 12.6. The van der Waals surface area contributed by atoms with Gasteiger partial charge in [0.1, 0.15) is 5.82 Å². The van der Waals surface area contributed by atoms with Crippen LogP contribution in [0.2, 0.25) is 0 Å². The standard InChI is InChI=1S/C14H19N3/c1-10-5-4-6-11(2)13(10)9-17-12(3)14-15-7-8-16-14/h4-8,12,17H,9H2,1-3H3,(H,15,16). The Morgan fingerprint density at radius 3 is 2.59 bits per heavy atom. The van der Waals surface area contributed by atoms with Gasteiger partial charge in [0, 0.05) is 18.9 Å². The minimum atomic E-state index is 0.240. The molecule has 0 saturated carbocycles. The molecular formula is C14H19N3. The monoisotopic (exact) mass is 229 g/mol. The third-order valence-electron chi connectivity index (χ3n) is 3.16. The van der Waals surface area contributed by atoms with Crippen molar-refractivity contribution >= 4 is 0 Å². The fraction of sp³-hybridized carbons (Fsp3) is 0.357. The van der Waals surface area contributed by atoms with Gasteiger partial charge in [-0.25, -0.2) is 4.98 Å². The maximum Gasteiger partial charge on any atom is 0.122 e. The Labute approximate surface area is 102 Å². The molecule has 1 aromatic heterocycles. The zero-order valence-corrected chi connectivity index (χ0v) is 10.6. The van der Waals surface area contributed by atoms with Gasteiger partial charge in [0.05, 0.1) is 6.04 Å². The molecule has 90 valence electrons. The number of H-pyrrole nitrogens is 1. The van der Waals surface area contributed by atoms with Crippen LogP contribution in [-0.4, -0.2) is 9.97 Å².